The number of piperidine rings is 2. The predicted molar refractivity (Wildman–Crippen MR) is 52.8 cm³/mol. The molecule has 2 unspecified atom stereocenters. The minimum Gasteiger partial charge on any atom is -0.300 e. The van der Waals surface area contributed by atoms with Crippen LogP contribution in [-0.2, 0) is 4.79 Å². The Labute approximate surface area is 84.2 Å². The molecule has 2 saturated heterocycles. The molecule has 2 fully saturated rings. The molecule has 0 aromatic carbocycles. The predicted octanol–water partition coefficient (Wildman–Crippen LogP) is 2.02. The fraction of sp³-hybridized carbons (Fsp3) is 0.900. The molecule has 0 aromatic heterocycles. The second kappa shape index (κ2) is 3.97. The van der Waals surface area contributed by atoms with Gasteiger partial charge in [-0.3, -0.25) is 9.69 Å². The van der Waals surface area contributed by atoms with E-state index in [1.165, 1.54) is 32.4 Å². The van der Waals surface area contributed by atoms with Crippen molar-refractivity contribution in [2.24, 2.45) is 5.92 Å². The van der Waals surface area contributed by atoms with Gasteiger partial charge in [0.25, 0.3) is 0 Å². The highest BCUT2D eigenvalue weighted by atomic mass is 35.5. The molecule has 0 aromatic rings. The quantitative estimate of drug-likeness (QED) is 0.605. The zero-order valence-electron chi connectivity index (χ0n) is 7.84. The van der Waals surface area contributed by atoms with Crippen LogP contribution in [0.2, 0.25) is 0 Å². The first-order valence-corrected chi connectivity index (χ1v) is 5.60. The van der Waals surface area contributed by atoms with Gasteiger partial charge in [0.15, 0.2) is 0 Å². The number of hydrogen-bond acceptors (Lipinski definition) is 2. The zero-order valence-corrected chi connectivity index (χ0v) is 8.59. The second-order valence-electron chi connectivity index (χ2n) is 4.15. The first-order chi connectivity index (χ1) is 6.29. The normalized spacial score (nSPS) is 35.5. The average molecular weight is 202 g/mol. The zero-order chi connectivity index (χ0) is 9.26. The summed E-state index contributed by atoms with van der Waals surface area (Å²) in [6.07, 6.45) is 5.87. The lowest BCUT2D eigenvalue weighted by atomic mass is 9.84. The molecule has 2 atom stereocenters. The third-order valence-corrected chi connectivity index (χ3v) is 3.66. The summed E-state index contributed by atoms with van der Waals surface area (Å²) in [5, 5.41) is -0.114. The molecule has 2 aliphatic heterocycles. The number of rotatable bonds is 1. The van der Waals surface area contributed by atoms with Crippen LogP contribution in [-0.4, -0.2) is 29.3 Å². The van der Waals surface area contributed by atoms with Crippen molar-refractivity contribution in [2.45, 2.75) is 38.1 Å². The minimum absolute atomic E-state index is 0.114. The lowest BCUT2D eigenvalue weighted by Gasteiger charge is -2.42. The Morgan fingerprint density at radius 1 is 1.15 bits per heavy atom. The van der Waals surface area contributed by atoms with Gasteiger partial charge < -0.3 is 0 Å². The van der Waals surface area contributed by atoms with Gasteiger partial charge in [-0.15, -0.1) is 0 Å². The molecule has 0 spiro atoms. The first kappa shape index (κ1) is 9.47. The van der Waals surface area contributed by atoms with Crippen LogP contribution in [0.3, 0.4) is 0 Å². The number of nitrogens with zero attached hydrogens (tertiary/aromatic N) is 1. The highest BCUT2D eigenvalue weighted by molar-refractivity contribution is 6.64. The van der Waals surface area contributed by atoms with Gasteiger partial charge in [-0.25, -0.2) is 0 Å². The second-order valence-corrected chi connectivity index (χ2v) is 4.52. The lowest BCUT2D eigenvalue weighted by Crippen LogP contribution is -2.49. The van der Waals surface area contributed by atoms with Crippen molar-refractivity contribution in [3.05, 3.63) is 0 Å². The summed E-state index contributed by atoms with van der Waals surface area (Å²) in [5.41, 5.74) is 0. The highest BCUT2D eigenvalue weighted by Crippen LogP contribution is 2.31. The maximum absolute atomic E-state index is 11.2. The van der Waals surface area contributed by atoms with E-state index >= 15 is 0 Å². The lowest BCUT2D eigenvalue weighted by molar-refractivity contribution is -0.119. The highest BCUT2D eigenvalue weighted by Gasteiger charge is 2.36. The third-order valence-electron chi connectivity index (χ3n) is 3.38. The van der Waals surface area contributed by atoms with Crippen molar-refractivity contribution in [2.75, 3.05) is 13.1 Å². The Hall–Kier alpha value is -0.0800. The van der Waals surface area contributed by atoms with Gasteiger partial charge in [0.2, 0.25) is 5.24 Å². The van der Waals surface area contributed by atoms with Crippen LogP contribution in [0.25, 0.3) is 0 Å². The van der Waals surface area contributed by atoms with E-state index in [9.17, 15) is 4.79 Å². The van der Waals surface area contributed by atoms with E-state index in [1.54, 1.807) is 0 Å². The van der Waals surface area contributed by atoms with Crippen LogP contribution >= 0.6 is 11.6 Å². The van der Waals surface area contributed by atoms with Gasteiger partial charge in [-0.05, 0) is 50.4 Å². The Bertz CT molecular complexity index is 205. The van der Waals surface area contributed by atoms with E-state index in [1.807, 2.05) is 0 Å². The van der Waals surface area contributed by atoms with Crippen molar-refractivity contribution in [1.29, 1.82) is 0 Å². The van der Waals surface area contributed by atoms with E-state index in [2.05, 4.69) is 4.90 Å². The molecule has 2 aliphatic rings. The molecule has 0 N–H and O–H groups in total. The Balaban J connectivity index is 2.06. The number of fused-ring (bicyclic) bond motifs is 1. The monoisotopic (exact) mass is 201 g/mol. The standard InChI is InChI=1S/C10H16ClNO/c11-10(13)8-4-3-7-12-6-2-1-5-9(8)12/h8-9H,1-7H2. The molecule has 0 aliphatic carbocycles. The van der Waals surface area contributed by atoms with Crippen LogP contribution < -0.4 is 0 Å². The van der Waals surface area contributed by atoms with Gasteiger partial charge >= 0.3 is 0 Å². The summed E-state index contributed by atoms with van der Waals surface area (Å²) in [5.74, 6) is 0.121. The molecule has 0 saturated carbocycles. The van der Waals surface area contributed by atoms with Crippen molar-refractivity contribution < 1.29 is 4.79 Å². The van der Waals surface area contributed by atoms with Gasteiger partial charge in [0.05, 0.1) is 0 Å². The summed E-state index contributed by atoms with van der Waals surface area (Å²) in [7, 11) is 0. The fourth-order valence-corrected chi connectivity index (χ4v) is 2.98. The first-order valence-electron chi connectivity index (χ1n) is 5.22. The van der Waals surface area contributed by atoms with Gasteiger partial charge in [0, 0.05) is 12.0 Å². The topological polar surface area (TPSA) is 20.3 Å². The van der Waals surface area contributed by atoms with Crippen molar-refractivity contribution in [3.8, 4) is 0 Å². The number of hydrogen-bond donors (Lipinski definition) is 0. The molecular weight excluding hydrogens is 186 g/mol. The summed E-state index contributed by atoms with van der Waals surface area (Å²) in [6, 6.07) is 0.465. The summed E-state index contributed by atoms with van der Waals surface area (Å²) < 4.78 is 0. The Kier molecular flexibility index (Phi) is 2.89. The molecule has 2 heterocycles. The van der Waals surface area contributed by atoms with Crippen LogP contribution in [0.15, 0.2) is 0 Å². The molecule has 3 heteroatoms. The Morgan fingerprint density at radius 3 is 2.69 bits per heavy atom. The molecule has 13 heavy (non-hydrogen) atoms. The minimum atomic E-state index is -0.114. The van der Waals surface area contributed by atoms with Crippen LogP contribution in [0.4, 0.5) is 0 Å². The van der Waals surface area contributed by atoms with Crippen molar-refractivity contribution in [3.63, 3.8) is 0 Å². The molecule has 0 bridgehead atoms. The van der Waals surface area contributed by atoms with E-state index in [4.69, 9.17) is 11.6 Å². The molecule has 0 amide bonds. The third kappa shape index (κ3) is 1.89. The molecule has 2 rings (SSSR count). The maximum Gasteiger partial charge on any atom is 0.226 e. The number of carbonyl (C=O) groups is 1. The van der Waals surface area contributed by atoms with Crippen LogP contribution in [0.5, 0.6) is 0 Å². The van der Waals surface area contributed by atoms with Crippen LogP contribution in [0.1, 0.15) is 32.1 Å². The maximum atomic E-state index is 11.2. The summed E-state index contributed by atoms with van der Waals surface area (Å²) in [6.45, 7) is 2.34. The molecule has 2 nitrogen and oxygen atoms in total. The van der Waals surface area contributed by atoms with Gasteiger partial charge in [-0.1, -0.05) is 6.42 Å². The molecule has 0 radical (unpaired) electrons. The fourth-order valence-electron chi connectivity index (χ4n) is 2.72. The smallest absolute Gasteiger partial charge is 0.226 e. The van der Waals surface area contributed by atoms with E-state index in [0.29, 0.717) is 6.04 Å². The van der Waals surface area contributed by atoms with Crippen molar-refractivity contribution in [1.82, 2.24) is 4.90 Å². The van der Waals surface area contributed by atoms with Gasteiger partial charge in [-0.2, -0.15) is 0 Å². The number of carbonyl (C=O) groups excluding carboxylic acids is 1. The van der Waals surface area contributed by atoms with Gasteiger partial charge in [0.1, 0.15) is 0 Å². The largest absolute Gasteiger partial charge is 0.300 e. The van der Waals surface area contributed by atoms with E-state index < -0.39 is 0 Å². The summed E-state index contributed by atoms with van der Waals surface area (Å²) in [4.78, 5) is 13.6. The van der Waals surface area contributed by atoms with Crippen LogP contribution in [0, 0.1) is 5.92 Å². The SMILES string of the molecule is O=C(Cl)C1CCCN2CCCCC12. The van der Waals surface area contributed by atoms with E-state index in [0.717, 1.165) is 12.8 Å². The van der Waals surface area contributed by atoms with E-state index in [-0.39, 0.29) is 11.2 Å². The van der Waals surface area contributed by atoms with Crippen molar-refractivity contribution >= 4 is 16.8 Å². The Morgan fingerprint density at radius 2 is 1.92 bits per heavy atom. The average Bonchev–Trinajstić information content (AvgIpc) is 2.17. The number of halogens is 1. The molecular formula is C10H16ClNO. The summed E-state index contributed by atoms with van der Waals surface area (Å²) >= 11 is 5.61. The molecule has 74 valence electrons.